The molecule has 0 spiro atoms. The molecule has 1 heterocycles. The van der Waals surface area contributed by atoms with Gasteiger partial charge in [-0.25, -0.2) is 0 Å². The lowest BCUT2D eigenvalue weighted by molar-refractivity contribution is 0.107. The number of hydrogen-bond donors (Lipinski definition) is 0. The Morgan fingerprint density at radius 3 is 3.06 bits per heavy atom. The molecule has 16 heavy (non-hydrogen) atoms. The van der Waals surface area contributed by atoms with E-state index in [0.29, 0.717) is 6.10 Å². The minimum atomic E-state index is 0.387. The summed E-state index contributed by atoms with van der Waals surface area (Å²) >= 11 is 9.55. The number of methoxy groups -OCH3 is 1. The average Bonchev–Trinajstić information content (AvgIpc) is 2.71. The summed E-state index contributed by atoms with van der Waals surface area (Å²) < 4.78 is 6.48. The molecule has 4 heteroatoms. The van der Waals surface area contributed by atoms with Crippen molar-refractivity contribution in [2.24, 2.45) is 0 Å². The number of benzene rings is 1. The zero-order valence-corrected chi connectivity index (χ0v) is 11.6. The van der Waals surface area contributed by atoms with Crippen LogP contribution < -0.4 is 0 Å². The number of ether oxygens (including phenoxy) is 1. The van der Waals surface area contributed by atoms with E-state index in [-0.39, 0.29) is 0 Å². The normalized spacial score (nSPS) is 21.6. The summed E-state index contributed by atoms with van der Waals surface area (Å²) in [6.45, 7) is 3.04. The zero-order chi connectivity index (χ0) is 11.5. The molecule has 0 aliphatic carbocycles. The van der Waals surface area contributed by atoms with Crippen molar-refractivity contribution >= 4 is 27.5 Å². The first-order valence-corrected chi connectivity index (χ1v) is 6.55. The summed E-state index contributed by atoms with van der Waals surface area (Å²) in [5, 5.41) is 0.792. The first kappa shape index (κ1) is 12.4. The molecule has 0 saturated carbocycles. The molecule has 0 amide bonds. The van der Waals surface area contributed by atoms with Gasteiger partial charge in [0.05, 0.1) is 6.10 Å². The van der Waals surface area contributed by atoms with E-state index in [1.165, 1.54) is 5.56 Å². The number of nitrogens with zero attached hydrogens (tertiary/aromatic N) is 1. The van der Waals surface area contributed by atoms with Crippen LogP contribution in [0.1, 0.15) is 12.0 Å². The van der Waals surface area contributed by atoms with E-state index in [1.807, 2.05) is 18.2 Å². The Bertz CT molecular complexity index is 372. The van der Waals surface area contributed by atoms with Crippen LogP contribution in [0.4, 0.5) is 0 Å². The van der Waals surface area contributed by atoms with Crippen LogP contribution in [-0.2, 0) is 11.3 Å². The highest BCUT2D eigenvalue weighted by molar-refractivity contribution is 9.10. The SMILES string of the molecule is CO[C@@H]1CCN(Cc2cc(Cl)ccc2Br)C1. The quantitative estimate of drug-likeness (QED) is 0.849. The Kier molecular flexibility index (Phi) is 4.25. The largest absolute Gasteiger partial charge is 0.380 e. The van der Waals surface area contributed by atoms with Gasteiger partial charge in [-0.2, -0.15) is 0 Å². The molecule has 2 rings (SSSR count). The van der Waals surface area contributed by atoms with Crippen molar-refractivity contribution in [1.82, 2.24) is 4.90 Å². The second kappa shape index (κ2) is 5.50. The predicted molar refractivity (Wildman–Crippen MR) is 69.8 cm³/mol. The van der Waals surface area contributed by atoms with Gasteiger partial charge in [0, 0.05) is 36.2 Å². The van der Waals surface area contributed by atoms with Crippen LogP contribution in [0.2, 0.25) is 5.02 Å². The molecule has 1 fully saturated rings. The third-order valence-electron chi connectivity index (χ3n) is 2.96. The topological polar surface area (TPSA) is 12.5 Å². The van der Waals surface area contributed by atoms with Crippen LogP contribution in [-0.4, -0.2) is 31.2 Å². The third kappa shape index (κ3) is 2.98. The van der Waals surface area contributed by atoms with Crippen molar-refractivity contribution < 1.29 is 4.74 Å². The molecule has 0 N–H and O–H groups in total. The molecule has 0 bridgehead atoms. The first-order valence-electron chi connectivity index (χ1n) is 5.38. The summed E-state index contributed by atoms with van der Waals surface area (Å²) in [5.74, 6) is 0. The van der Waals surface area contributed by atoms with Gasteiger partial charge in [0.2, 0.25) is 0 Å². The number of hydrogen-bond acceptors (Lipinski definition) is 2. The Morgan fingerprint density at radius 1 is 1.56 bits per heavy atom. The van der Waals surface area contributed by atoms with Crippen LogP contribution >= 0.6 is 27.5 Å². The second-order valence-corrected chi connectivity index (χ2v) is 5.41. The van der Waals surface area contributed by atoms with Crippen molar-refractivity contribution in [3.63, 3.8) is 0 Å². The summed E-state index contributed by atoms with van der Waals surface area (Å²) in [5.41, 5.74) is 1.24. The summed E-state index contributed by atoms with van der Waals surface area (Å²) in [7, 11) is 1.78. The highest BCUT2D eigenvalue weighted by atomic mass is 79.9. The van der Waals surface area contributed by atoms with Crippen molar-refractivity contribution in [3.8, 4) is 0 Å². The van der Waals surface area contributed by atoms with E-state index < -0.39 is 0 Å². The van der Waals surface area contributed by atoms with Gasteiger partial charge in [0.15, 0.2) is 0 Å². The van der Waals surface area contributed by atoms with Crippen molar-refractivity contribution in [1.29, 1.82) is 0 Å². The molecule has 1 aliphatic heterocycles. The molecule has 1 atom stereocenters. The number of halogens is 2. The fraction of sp³-hybridized carbons (Fsp3) is 0.500. The second-order valence-electron chi connectivity index (χ2n) is 4.12. The van der Waals surface area contributed by atoms with Crippen molar-refractivity contribution in [2.75, 3.05) is 20.2 Å². The highest BCUT2D eigenvalue weighted by Gasteiger charge is 2.22. The lowest BCUT2D eigenvalue weighted by Crippen LogP contribution is -2.22. The van der Waals surface area contributed by atoms with Crippen LogP contribution in [0, 0.1) is 0 Å². The Balaban J connectivity index is 2.01. The maximum absolute atomic E-state index is 5.99. The summed E-state index contributed by atoms with van der Waals surface area (Å²) in [4.78, 5) is 2.39. The van der Waals surface area contributed by atoms with Gasteiger partial charge in [-0.15, -0.1) is 0 Å². The zero-order valence-electron chi connectivity index (χ0n) is 9.25. The molecule has 0 radical (unpaired) electrons. The predicted octanol–water partition coefficient (Wildman–Crippen LogP) is 3.32. The Hall–Kier alpha value is -0.0900. The van der Waals surface area contributed by atoms with Crippen LogP contribution in [0.5, 0.6) is 0 Å². The van der Waals surface area contributed by atoms with E-state index >= 15 is 0 Å². The lowest BCUT2D eigenvalue weighted by atomic mass is 10.2. The maximum Gasteiger partial charge on any atom is 0.0710 e. The van der Waals surface area contributed by atoms with Gasteiger partial charge < -0.3 is 4.74 Å². The third-order valence-corrected chi connectivity index (χ3v) is 3.97. The smallest absolute Gasteiger partial charge is 0.0710 e. The van der Waals surface area contributed by atoms with Crippen LogP contribution in [0.25, 0.3) is 0 Å². The minimum Gasteiger partial charge on any atom is -0.380 e. The minimum absolute atomic E-state index is 0.387. The molecule has 0 unspecified atom stereocenters. The molecule has 1 aliphatic rings. The highest BCUT2D eigenvalue weighted by Crippen LogP contribution is 2.24. The van der Waals surface area contributed by atoms with E-state index in [9.17, 15) is 0 Å². The molecular formula is C12H15BrClNO. The van der Waals surface area contributed by atoms with Gasteiger partial charge in [0.25, 0.3) is 0 Å². The molecule has 1 saturated heterocycles. The van der Waals surface area contributed by atoms with Gasteiger partial charge in [-0.3, -0.25) is 4.90 Å². The lowest BCUT2D eigenvalue weighted by Gasteiger charge is -2.16. The maximum atomic E-state index is 5.99. The van der Waals surface area contributed by atoms with E-state index in [1.54, 1.807) is 7.11 Å². The fourth-order valence-electron chi connectivity index (χ4n) is 2.04. The fourth-order valence-corrected chi connectivity index (χ4v) is 2.61. The van der Waals surface area contributed by atoms with Gasteiger partial charge >= 0.3 is 0 Å². The molecule has 88 valence electrons. The first-order chi connectivity index (χ1) is 7.69. The summed E-state index contributed by atoms with van der Waals surface area (Å²) in [6.07, 6.45) is 1.51. The number of likely N-dealkylation sites (tertiary alicyclic amines) is 1. The van der Waals surface area contributed by atoms with E-state index in [2.05, 4.69) is 20.8 Å². The average molecular weight is 305 g/mol. The molecule has 2 nitrogen and oxygen atoms in total. The summed E-state index contributed by atoms with van der Waals surface area (Å²) in [6, 6.07) is 5.92. The molecular weight excluding hydrogens is 289 g/mol. The van der Waals surface area contributed by atoms with Crippen LogP contribution in [0.3, 0.4) is 0 Å². The molecule has 0 aromatic heterocycles. The van der Waals surface area contributed by atoms with E-state index in [0.717, 1.165) is 35.6 Å². The Labute approximate surface area is 110 Å². The van der Waals surface area contributed by atoms with Crippen molar-refractivity contribution in [3.05, 3.63) is 33.3 Å². The van der Waals surface area contributed by atoms with Gasteiger partial charge in [0.1, 0.15) is 0 Å². The number of rotatable bonds is 3. The van der Waals surface area contributed by atoms with Crippen LogP contribution in [0.15, 0.2) is 22.7 Å². The Morgan fingerprint density at radius 2 is 2.38 bits per heavy atom. The standard InChI is InChI=1S/C12H15BrClNO/c1-16-11-4-5-15(8-11)7-9-6-10(14)2-3-12(9)13/h2-3,6,11H,4-5,7-8H2,1H3/t11-/m1/s1. The molecule has 1 aromatic carbocycles. The van der Waals surface area contributed by atoms with Crippen molar-refractivity contribution in [2.45, 2.75) is 19.1 Å². The monoisotopic (exact) mass is 303 g/mol. The van der Waals surface area contributed by atoms with Gasteiger partial charge in [-0.05, 0) is 30.2 Å². The van der Waals surface area contributed by atoms with Gasteiger partial charge in [-0.1, -0.05) is 27.5 Å². The molecule has 1 aromatic rings. The van der Waals surface area contributed by atoms with E-state index in [4.69, 9.17) is 16.3 Å².